The molecule has 0 aliphatic carbocycles. The minimum Gasteiger partial charge on any atom is -0.465 e. The van der Waals surface area contributed by atoms with Crippen LogP contribution in [0, 0.1) is 5.92 Å². The Hall–Kier alpha value is -1.38. The van der Waals surface area contributed by atoms with E-state index in [4.69, 9.17) is 4.74 Å². The lowest BCUT2D eigenvalue weighted by atomic mass is 9.97. The number of esters is 1. The highest BCUT2D eigenvalue weighted by Gasteiger charge is 2.24. The standard InChI is InChI=1S/C18H30O3/c1-6-16(18(20)21-7-2)17(19)13-9-12-15(5)11-8-10-14(3)4/h10,12,16H,6-9,11,13H2,1-5H3/b15-12+. The molecule has 21 heavy (non-hydrogen) atoms. The maximum Gasteiger partial charge on any atom is 0.316 e. The first-order valence-corrected chi connectivity index (χ1v) is 7.90. The minimum absolute atomic E-state index is 0.00991. The lowest BCUT2D eigenvalue weighted by molar-refractivity contribution is -0.151. The monoisotopic (exact) mass is 294 g/mol. The van der Waals surface area contributed by atoms with E-state index in [2.05, 4.69) is 32.9 Å². The third-order valence-electron chi connectivity index (χ3n) is 3.34. The molecule has 1 unspecified atom stereocenters. The molecule has 0 aromatic carbocycles. The summed E-state index contributed by atoms with van der Waals surface area (Å²) in [5.74, 6) is -0.983. The van der Waals surface area contributed by atoms with E-state index < -0.39 is 5.92 Å². The molecule has 0 spiro atoms. The van der Waals surface area contributed by atoms with Crippen molar-refractivity contribution < 1.29 is 14.3 Å². The van der Waals surface area contributed by atoms with Crippen LogP contribution in [0.15, 0.2) is 23.3 Å². The van der Waals surface area contributed by atoms with Crippen molar-refractivity contribution in [3.05, 3.63) is 23.3 Å². The molecule has 0 radical (unpaired) electrons. The Morgan fingerprint density at radius 2 is 1.62 bits per heavy atom. The van der Waals surface area contributed by atoms with Gasteiger partial charge in [0.2, 0.25) is 0 Å². The van der Waals surface area contributed by atoms with Crippen molar-refractivity contribution in [3.8, 4) is 0 Å². The first-order chi connectivity index (χ1) is 9.92. The van der Waals surface area contributed by atoms with E-state index >= 15 is 0 Å². The van der Waals surface area contributed by atoms with Gasteiger partial charge in [0.1, 0.15) is 11.7 Å². The van der Waals surface area contributed by atoms with Crippen LogP contribution in [0.1, 0.15) is 66.7 Å². The third-order valence-corrected chi connectivity index (χ3v) is 3.34. The molecule has 0 fully saturated rings. The molecule has 1 atom stereocenters. The number of hydrogen-bond acceptors (Lipinski definition) is 3. The van der Waals surface area contributed by atoms with Crippen molar-refractivity contribution in [1.82, 2.24) is 0 Å². The van der Waals surface area contributed by atoms with Crippen LogP contribution in [-0.4, -0.2) is 18.4 Å². The molecular weight excluding hydrogens is 264 g/mol. The maximum atomic E-state index is 12.0. The van der Waals surface area contributed by atoms with Crippen LogP contribution in [0.2, 0.25) is 0 Å². The summed E-state index contributed by atoms with van der Waals surface area (Å²) in [4.78, 5) is 23.7. The quantitative estimate of drug-likeness (QED) is 0.335. The fraction of sp³-hybridized carbons (Fsp3) is 0.667. The van der Waals surface area contributed by atoms with Crippen molar-refractivity contribution in [2.45, 2.75) is 66.7 Å². The van der Waals surface area contributed by atoms with Gasteiger partial charge in [-0.2, -0.15) is 0 Å². The van der Waals surface area contributed by atoms with Crippen LogP contribution in [0.3, 0.4) is 0 Å². The SMILES string of the molecule is CCOC(=O)C(CC)C(=O)CC/C=C(\C)CCC=C(C)C. The average molecular weight is 294 g/mol. The Balaban J connectivity index is 4.21. The number of hydrogen-bond donors (Lipinski definition) is 0. The summed E-state index contributed by atoms with van der Waals surface area (Å²) in [6, 6.07) is 0. The van der Waals surface area contributed by atoms with Gasteiger partial charge in [-0.25, -0.2) is 0 Å². The van der Waals surface area contributed by atoms with E-state index in [1.807, 2.05) is 6.92 Å². The highest BCUT2D eigenvalue weighted by atomic mass is 16.5. The van der Waals surface area contributed by atoms with E-state index in [-0.39, 0.29) is 11.8 Å². The fourth-order valence-corrected chi connectivity index (χ4v) is 2.09. The Morgan fingerprint density at radius 1 is 1.00 bits per heavy atom. The fourth-order valence-electron chi connectivity index (χ4n) is 2.09. The number of allylic oxidation sites excluding steroid dienone is 4. The normalized spacial score (nSPS) is 12.7. The van der Waals surface area contributed by atoms with Crippen LogP contribution in [-0.2, 0) is 14.3 Å². The van der Waals surface area contributed by atoms with Crippen molar-refractivity contribution in [1.29, 1.82) is 0 Å². The van der Waals surface area contributed by atoms with Crippen molar-refractivity contribution in [2.75, 3.05) is 6.61 Å². The molecule has 0 N–H and O–H groups in total. The molecule has 0 bridgehead atoms. The second kappa shape index (κ2) is 11.3. The van der Waals surface area contributed by atoms with Crippen molar-refractivity contribution in [3.63, 3.8) is 0 Å². The largest absolute Gasteiger partial charge is 0.465 e. The molecule has 0 amide bonds. The molecule has 120 valence electrons. The highest BCUT2D eigenvalue weighted by Crippen LogP contribution is 2.13. The Labute approximate surface area is 129 Å². The van der Waals surface area contributed by atoms with Crippen LogP contribution >= 0.6 is 0 Å². The second-order valence-corrected chi connectivity index (χ2v) is 5.59. The minimum atomic E-state index is -0.593. The molecule has 0 saturated heterocycles. The van der Waals surface area contributed by atoms with Gasteiger partial charge in [0.25, 0.3) is 0 Å². The number of carbonyl (C=O) groups excluding carboxylic acids is 2. The van der Waals surface area contributed by atoms with Crippen LogP contribution < -0.4 is 0 Å². The molecule has 0 heterocycles. The molecule has 0 aromatic rings. The van der Waals surface area contributed by atoms with Gasteiger partial charge in [-0.3, -0.25) is 9.59 Å². The Kier molecular flexibility index (Phi) is 10.6. The summed E-state index contributed by atoms with van der Waals surface area (Å²) >= 11 is 0. The smallest absolute Gasteiger partial charge is 0.316 e. The van der Waals surface area contributed by atoms with E-state index in [1.54, 1.807) is 6.92 Å². The van der Waals surface area contributed by atoms with Gasteiger partial charge in [-0.1, -0.05) is 30.2 Å². The zero-order chi connectivity index (χ0) is 16.3. The molecule has 0 saturated carbocycles. The maximum absolute atomic E-state index is 12.0. The van der Waals surface area contributed by atoms with Gasteiger partial charge in [-0.15, -0.1) is 0 Å². The van der Waals surface area contributed by atoms with Gasteiger partial charge in [0, 0.05) is 6.42 Å². The highest BCUT2D eigenvalue weighted by molar-refractivity contribution is 5.98. The van der Waals surface area contributed by atoms with E-state index in [1.165, 1.54) is 11.1 Å². The Bertz CT molecular complexity index is 387. The topological polar surface area (TPSA) is 43.4 Å². The van der Waals surface area contributed by atoms with Crippen molar-refractivity contribution in [2.24, 2.45) is 5.92 Å². The van der Waals surface area contributed by atoms with Crippen molar-refractivity contribution >= 4 is 11.8 Å². The predicted molar refractivity (Wildman–Crippen MR) is 87.1 cm³/mol. The first-order valence-electron chi connectivity index (χ1n) is 7.90. The summed E-state index contributed by atoms with van der Waals surface area (Å²) in [7, 11) is 0. The molecule has 0 aliphatic heterocycles. The summed E-state index contributed by atoms with van der Waals surface area (Å²) in [6.07, 6.45) is 8.02. The molecule has 0 aliphatic rings. The summed E-state index contributed by atoms with van der Waals surface area (Å²) < 4.78 is 4.94. The van der Waals surface area contributed by atoms with Gasteiger partial charge in [0.05, 0.1) is 6.61 Å². The van der Waals surface area contributed by atoms with Gasteiger partial charge >= 0.3 is 5.97 Å². The summed E-state index contributed by atoms with van der Waals surface area (Å²) in [6.45, 7) is 10.2. The number of carbonyl (C=O) groups is 2. The van der Waals surface area contributed by atoms with Crippen LogP contribution in [0.25, 0.3) is 0 Å². The first kappa shape index (κ1) is 19.6. The molecule has 0 rings (SSSR count). The lowest BCUT2D eigenvalue weighted by Gasteiger charge is -2.11. The van der Waals surface area contributed by atoms with E-state index in [0.29, 0.717) is 25.9 Å². The molecular formula is C18H30O3. The molecule has 3 heteroatoms. The predicted octanol–water partition coefficient (Wildman–Crippen LogP) is 4.62. The number of ketones is 1. The van der Waals surface area contributed by atoms with Gasteiger partial charge in [-0.05, 0) is 53.4 Å². The lowest BCUT2D eigenvalue weighted by Crippen LogP contribution is -2.25. The molecule has 3 nitrogen and oxygen atoms in total. The van der Waals surface area contributed by atoms with E-state index in [9.17, 15) is 9.59 Å². The second-order valence-electron chi connectivity index (χ2n) is 5.59. The van der Waals surface area contributed by atoms with Crippen LogP contribution in [0.5, 0.6) is 0 Å². The number of Topliss-reactive ketones (excluding diaryl/α,β-unsaturated/α-hetero) is 1. The summed E-state index contributed by atoms with van der Waals surface area (Å²) in [5.41, 5.74) is 2.63. The summed E-state index contributed by atoms with van der Waals surface area (Å²) in [5, 5.41) is 0. The van der Waals surface area contributed by atoms with Crippen LogP contribution in [0.4, 0.5) is 0 Å². The van der Waals surface area contributed by atoms with Gasteiger partial charge in [0.15, 0.2) is 0 Å². The Morgan fingerprint density at radius 3 is 2.14 bits per heavy atom. The van der Waals surface area contributed by atoms with Gasteiger partial charge < -0.3 is 4.74 Å². The zero-order valence-electron chi connectivity index (χ0n) is 14.2. The zero-order valence-corrected chi connectivity index (χ0v) is 14.2. The van der Waals surface area contributed by atoms with E-state index in [0.717, 1.165) is 12.8 Å². The third kappa shape index (κ3) is 9.22. The molecule has 0 aromatic heterocycles. The average Bonchev–Trinajstić information content (AvgIpc) is 2.39. The number of ether oxygens (including phenoxy) is 1. The number of rotatable bonds is 10.